The van der Waals surface area contributed by atoms with Crippen LogP contribution >= 0.6 is 0 Å². The summed E-state index contributed by atoms with van der Waals surface area (Å²) >= 11 is 0. The molecule has 3 nitrogen and oxygen atoms in total. The molecule has 0 aromatic heterocycles. The maximum atomic E-state index is 5.86. The van der Waals surface area contributed by atoms with Gasteiger partial charge in [0.05, 0.1) is 7.11 Å². The van der Waals surface area contributed by atoms with Crippen LogP contribution in [0.1, 0.15) is 18.1 Å². The molecule has 0 heterocycles. The lowest BCUT2D eigenvalue weighted by Gasteiger charge is -2.11. The number of hydrogen-bond acceptors (Lipinski definition) is 3. The van der Waals surface area contributed by atoms with Crippen molar-refractivity contribution < 1.29 is 9.47 Å². The molecule has 0 radical (unpaired) electrons. The highest BCUT2D eigenvalue weighted by molar-refractivity contribution is 5.40. The van der Waals surface area contributed by atoms with E-state index in [1.165, 1.54) is 11.1 Å². The highest BCUT2D eigenvalue weighted by Gasteiger charge is 2.03. The van der Waals surface area contributed by atoms with Crippen molar-refractivity contribution in [2.75, 3.05) is 13.7 Å². The predicted octanol–water partition coefficient (Wildman–Crippen LogP) is 3.91. The summed E-state index contributed by atoms with van der Waals surface area (Å²) in [5.74, 6) is 2.42. The minimum absolute atomic E-state index is 0.781. The lowest BCUT2D eigenvalue weighted by atomic mass is 10.1. The van der Waals surface area contributed by atoms with Gasteiger partial charge in [-0.3, -0.25) is 0 Å². The van der Waals surface area contributed by atoms with Crippen molar-refractivity contribution in [3.8, 4) is 17.2 Å². The van der Waals surface area contributed by atoms with Crippen molar-refractivity contribution >= 4 is 0 Å². The summed E-state index contributed by atoms with van der Waals surface area (Å²) in [5, 5.41) is 3.33. The largest absolute Gasteiger partial charge is 0.497 e. The third kappa shape index (κ3) is 3.75. The molecule has 0 saturated heterocycles. The van der Waals surface area contributed by atoms with E-state index in [9.17, 15) is 0 Å². The number of ether oxygens (including phenoxy) is 2. The van der Waals surface area contributed by atoms with E-state index in [-0.39, 0.29) is 0 Å². The van der Waals surface area contributed by atoms with E-state index in [1.54, 1.807) is 7.11 Å². The van der Waals surface area contributed by atoms with E-state index in [0.717, 1.165) is 30.3 Å². The number of hydrogen-bond donors (Lipinski definition) is 1. The zero-order chi connectivity index (χ0) is 14.4. The number of nitrogens with one attached hydrogen (secondary N) is 1. The van der Waals surface area contributed by atoms with Crippen LogP contribution in [-0.4, -0.2) is 13.7 Å². The first-order chi connectivity index (χ1) is 9.72. The average molecular weight is 271 g/mol. The second-order valence-corrected chi connectivity index (χ2v) is 4.65. The molecule has 0 aliphatic carbocycles. The van der Waals surface area contributed by atoms with Crippen LogP contribution in [0.15, 0.2) is 42.5 Å². The summed E-state index contributed by atoms with van der Waals surface area (Å²) in [6, 6.07) is 13.8. The van der Waals surface area contributed by atoms with Gasteiger partial charge in [0.15, 0.2) is 0 Å². The van der Waals surface area contributed by atoms with E-state index in [2.05, 4.69) is 31.3 Å². The molecule has 2 aromatic rings. The van der Waals surface area contributed by atoms with Crippen molar-refractivity contribution in [3.05, 3.63) is 53.6 Å². The average Bonchev–Trinajstić information content (AvgIpc) is 2.47. The molecule has 3 heteroatoms. The second-order valence-electron chi connectivity index (χ2n) is 4.65. The van der Waals surface area contributed by atoms with Gasteiger partial charge < -0.3 is 14.8 Å². The Kier molecular flexibility index (Phi) is 5.02. The molecule has 0 bridgehead atoms. The number of aryl methyl sites for hydroxylation is 1. The quantitative estimate of drug-likeness (QED) is 0.864. The Labute approximate surface area is 120 Å². The zero-order valence-electron chi connectivity index (χ0n) is 12.3. The fraction of sp³-hybridized carbons (Fsp3) is 0.294. The molecule has 0 atom stereocenters. The van der Waals surface area contributed by atoms with Crippen LogP contribution in [-0.2, 0) is 6.54 Å². The summed E-state index contributed by atoms with van der Waals surface area (Å²) in [5.41, 5.74) is 2.52. The van der Waals surface area contributed by atoms with Gasteiger partial charge in [-0.2, -0.15) is 0 Å². The van der Waals surface area contributed by atoms with E-state index in [0.29, 0.717) is 0 Å². The number of benzene rings is 2. The first kappa shape index (κ1) is 14.4. The Morgan fingerprint density at radius 1 is 1.00 bits per heavy atom. The summed E-state index contributed by atoms with van der Waals surface area (Å²) in [4.78, 5) is 0. The lowest BCUT2D eigenvalue weighted by Crippen LogP contribution is -2.12. The first-order valence-corrected chi connectivity index (χ1v) is 6.85. The van der Waals surface area contributed by atoms with Crippen LogP contribution in [0.25, 0.3) is 0 Å². The lowest BCUT2D eigenvalue weighted by molar-refractivity contribution is 0.409. The molecule has 0 unspecified atom stereocenters. The Hall–Kier alpha value is -2.00. The van der Waals surface area contributed by atoms with E-state index in [4.69, 9.17) is 9.47 Å². The molecule has 20 heavy (non-hydrogen) atoms. The second kappa shape index (κ2) is 6.96. The van der Waals surface area contributed by atoms with Crippen molar-refractivity contribution in [2.45, 2.75) is 20.4 Å². The minimum atomic E-state index is 0.781. The smallest absolute Gasteiger partial charge is 0.131 e. The number of methoxy groups -OCH3 is 1. The van der Waals surface area contributed by atoms with Crippen LogP contribution in [0.3, 0.4) is 0 Å². The van der Waals surface area contributed by atoms with E-state index >= 15 is 0 Å². The third-order valence-corrected chi connectivity index (χ3v) is 3.16. The molecule has 2 rings (SSSR count). The number of rotatable bonds is 6. The highest BCUT2D eigenvalue weighted by Crippen LogP contribution is 2.26. The van der Waals surface area contributed by atoms with Gasteiger partial charge >= 0.3 is 0 Å². The van der Waals surface area contributed by atoms with Gasteiger partial charge in [0.1, 0.15) is 17.2 Å². The predicted molar refractivity (Wildman–Crippen MR) is 81.6 cm³/mol. The zero-order valence-corrected chi connectivity index (χ0v) is 12.3. The fourth-order valence-electron chi connectivity index (χ4n) is 1.99. The van der Waals surface area contributed by atoms with Crippen molar-refractivity contribution in [2.24, 2.45) is 0 Å². The fourth-order valence-corrected chi connectivity index (χ4v) is 1.99. The summed E-state index contributed by atoms with van der Waals surface area (Å²) in [6.45, 7) is 6.07. The molecular weight excluding hydrogens is 250 g/mol. The Bertz CT molecular complexity index is 567. The van der Waals surface area contributed by atoms with Gasteiger partial charge in [0.2, 0.25) is 0 Å². The van der Waals surface area contributed by atoms with Crippen LogP contribution < -0.4 is 14.8 Å². The third-order valence-electron chi connectivity index (χ3n) is 3.16. The topological polar surface area (TPSA) is 30.5 Å². The van der Waals surface area contributed by atoms with Gasteiger partial charge in [0, 0.05) is 12.6 Å². The van der Waals surface area contributed by atoms with Crippen LogP contribution in [0.4, 0.5) is 0 Å². The molecule has 0 spiro atoms. The SMILES string of the molecule is CCNCc1ccc(Oc2cccc(OC)c2)cc1C. The van der Waals surface area contributed by atoms with Crippen LogP contribution in [0, 0.1) is 6.92 Å². The normalized spacial score (nSPS) is 10.3. The summed E-state index contributed by atoms with van der Waals surface area (Å²) in [6.07, 6.45) is 0. The molecule has 0 saturated carbocycles. The van der Waals surface area contributed by atoms with Crippen LogP contribution in [0.5, 0.6) is 17.2 Å². The van der Waals surface area contributed by atoms with Gasteiger partial charge in [-0.15, -0.1) is 0 Å². The standard InChI is InChI=1S/C17H21NO2/c1-4-18-12-14-8-9-17(10-13(14)2)20-16-7-5-6-15(11-16)19-3/h5-11,18H,4,12H2,1-3H3. The monoisotopic (exact) mass is 271 g/mol. The molecule has 106 valence electrons. The summed E-state index contributed by atoms with van der Waals surface area (Å²) < 4.78 is 11.1. The van der Waals surface area contributed by atoms with Crippen molar-refractivity contribution in [3.63, 3.8) is 0 Å². The highest BCUT2D eigenvalue weighted by atomic mass is 16.5. The minimum Gasteiger partial charge on any atom is -0.497 e. The van der Waals surface area contributed by atoms with Gasteiger partial charge in [-0.1, -0.05) is 19.1 Å². The molecule has 0 fully saturated rings. The van der Waals surface area contributed by atoms with Gasteiger partial charge in [0.25, 0.3) is 0 Å². The van der Waals surface area contributed by atoms with Crippen molar-refractivity contribution in [1.82, 2.24) is 5.32 Å². The van der Waals surface area contributed by atoms with Gasteiger partial charge in [-0.05, 0) is 48.9 Å². The Balaban J connectivity index is 2.11. The molecule has 0 amide bonds. The van der Waals surface area contributed by atoms with E-state index < -0.39 is 0 Å². The molecular formula is C17H21NO2. The Morgan fingerprint density at radius 3 is 2.45 bits per heavy atom. The maximum absolute atomic E-state index is 5.86. The van der Waals surface area contributed by atoms with Gasteiger partial charge in [-0.25, -0.2) is 0 Å². The first-order valence-electron chi connectivity index (χ1n) is 6.85. The maximum Gasteiger partial charge on any atom is 0.131 e. The molecule has 2 aromatic carbocycles. The van der Waals surface area contributed by atoms with Crippen LogP contribution in [0.2, 0.25) is 0 Å². The molecule has 0 aliphatic rings. The summed E-state index contributed by atoms with van der Waals surface area (Å²) in [7, 11) is 1.65. The molecule has 1 N–H and O–H groups in total. The van der Waals surface area contributed by atoms with Crippen molar-refractivity contribution in [1.29, 1.82) is 0 Å². The molecule has 0 aliphatic heterocycles. The Morgan fingerprint density at radius 2 is 1.75 bits per heavy atom. The van der Waals surface area contributed by atoms with E-state index in [1.807, 2.05) is 30.3 Å².